The van der Waals surface area contributed by atoms with Gasteiger partial charge in [-0.1, -0.05) is 12.1 Å². The lowest BCUT2D eigenvalue weighted by Gasteiger charge is -2.23. The topological polar surface area (TPSA) is 86.1 Å². The molecule has 1 aliphatic heterocycles. The van der Waals surface area contributed by atoms with E-state index in [-0.39, 0.29) is 5.82 Å². The van der Waals surface area contributed by atoms with Crippen molar-refractivity contribution in [2.45, 2.75) is 19.4 Å². The van der Waals surface area contributed by atoms with Crippen molar-refractivity contribution >= 4 is 33.9 Å². The number of hydrogen-bond acceptors (Lipinski definition) is 6. The maximum Gasteiger partial charge on any atom is 0.227 e. The number of aromatic amines is 1. The van der Waals surface area contributed by atoms with Crippen LogP contribution in [0.1, 0.15) is 12.0 Å². The highest BCUT2D eigenvalue weighted by atomic mass is 19.1. The van der Waals surface area contributed by atoms with Gasteiger partial charge < -0.3 is 25.8 Å². The van der Waals surface area contributed by atoms with Gasteiger partial charge in [-0.2, -0.15) is 0 Å². The fraction of sp³-hybridized carbons (Fsp3) is 0.280. The molecule has 2 aromatic heterocycles. The van der Waals surface area contributed by atoms with Crippen molar-refractivity contribution in [1.82, 2.24) is 19.9 Å². The summed E-state index contributed by atoms with van der Waals surface area (Å²) in [7, 11) is 4.24. The second kappa shape index (κ2) is 8.37. The van der Waals surface area contributed by atoms with Gasteiger partial charge in [-0.05, 0) is 57.3 Å². The van der Waals surface area contributed by atoms with Crippen molar-refractivity contribution in [3.63, 3.8) is 0 Å². The summed E-state index contributed by atoms with van der Waals surface area (Å²) in [6.45, 7) is 3.91. The first-order valence-electron chi connectivity index (χ1n) is 11.1. The van der Waals surface area contributed by atoms with Crippen molar-refractivity contribution in [2.75, 3.05) is 43.1 Å². The Morgan fingerprint density at radius 2 is 2.09 bits per heavy atom. The number of nitrogens with one attached hydrogen (secondary N) is 2. The van der Waals surface area contributed by atoms with Crippen LogP contribution in [0.15, 0.2) is 48.8 Å². The van der Waals surface area contributed by atoms with Crippen molar-refractivity contribution in [1.29, 1.82) is 0 Å². The second-order valence-electron chi connectivity index (χ2n) is 8.84. The summed E-state index contributed by atoms with van der Waals surface area (Å²) in [5.74, 6) is 0.177. The molecule has 1 aliphatic rings. The number of fused-ring (bicyclic) bond motifs is 1. The second-order valence-corrected chi connectivity index (χ2v) is 8.84. The monoisotopic (exact) mass is 445 g/mol. The minimum atomic E-state index is -0.283. The van der Waals surface area contributed by atoms with Gasteiger partial charge in [0.25, 0.3) is 0 Å². The summed E-state index contributed by atoms with van der Waals surface area (Å²) >= 11 is 0. The predicted octanol–water partition coefficient (Wildman–Crippen LogP) is 4.54. The molecule has 170 valence electrons. The third-order valence-corrected chi connectivity index (χ3v) is 6.41. The highest BCUT2D eigenvalue weighted by Gasteiger charge is 2.25. The van der Waals surface area contributed by atoms with Crippen LogP contribution in [0.25, 0.3) is 22.2 Å². The SMILES string of the molecule is Cc1cnc(Nc2ccc(N3CC[C@H](N(C)C)C3)c(N)c2)nc1-c1c[nH]c2c(F)cccc12. The Bertz CT molecular complexity index is 1310. The number of para-hydroxylation sites is 1. The molecule has 0 radical (unpaired) electrons. The molecule has 0 aliphatic carbocycles. The zero-order valence-corrected chi connectivity index (χ0v) is 19.1. The lowest BCUT2D eigenvalue weighted by atomic mass is 10.1. The third-order valence-electron chi connectivity index (χ3n) is 6.41. The summed E-state index contributed by atoms with van der Waals surface area (Å²) in [4.78, 5) is 16.8. The van der Waals surface area contributed by atoms with E-state index in [0.29, 0.717) is 17.5 Å². The number of hydrogen-bond donors (Lipinski definition) is 3. The smallest absolute Gasteiger partial charge is 0.227 e. The van der Waals surface area contributed by atoms with E-state index >= 15 is 0 Å². The van der Waals surface area contributed by atoms with Gasteiger partial charge in [0.2, 0.25) is 5.95 Å². The molecule has 0 amide bonds. The largest absolute Gasteiger partial charge is 0.397 e. The molecule has 1 fully saturated rings. The van der Waals surface area contributed by atoms with Gasteiger partial charge in [-0.25, -0.2) is 14.4 Å². The molecule has 33 heavy (non-hydrogen) atoms. The average Bonchev–Trinajstić information content (AvgIpc) is 3.44. The minimum Gasteiger partial charge on any atom is -0.397 e. The van der Waals surface area contributed by atoms with Crippen molar-refractivity contribution < 1.29 is 4.39 Å². The Hall–Kier alpha value is -3.65. The number of H-pyrrole nitrogens is 1. The lowest BCUT2D eigenvalue weighted by molar-refractivity contribution is 0.315. The van der Waals surface area contributed by atoms with E-state index in [9.17, 15) is 4.39 Å². The van der Waals surface area contributed by atoms with Crippen LogP contribution in [-0.2, 0) is 0 Å². The first-order chi connectivity index (χ1) is 15.9. The van der Waals surface area contributed by atoms with Crippen LogP contribution in [-0.4, -0.2) is 53.1 Å². The number of rotatable bonds is 5. The first kappa shape index (κ1) is 21.2. The summed E-state index contributed by atoms with van der Waals surface area (Å²) in [5.41, 5.74) is 12.0. The molecule has 3 heterocycles. The molecule has 0 unspecified atom stereocenters. The molecule has 0 bridgehead atoms. The van der Waals surface area contributed by atoms with E-state index in [1.54, 1.807) is 18.5 Å². The zero-order valence-electron chi connectivity index (χ0n) is 19.1. The molecule has 4 N–H and O–H groups in total. The van der Waals surface area contributed by atoms with Crippen LogP contribution in [0, 0.1) is 12.7 Å². The number of halogens is 1. The molecule has 2 aromatic carbocycles. The fourth-order valence-corrected chi connectivity index (χ4v) is 4.52. The lowest BCUT2D eigenvalue weighted by Crippen LogP contribution is -2.31. The number of benzene rings is 2. The third kappa shape index (κ3) is 3.98. The van der Waals surface area contributed by atoms with Gasteiger partial charge in [0, 0.05) is 48.2 Å². The Kier molecular flexibility index (Phi) is 5.38. The molecule has 0 saturated carbocycles. The van der Waals surface area contributed by atoms with E-state index in [4.69, 9.17) is 10.7 Å². The van der Waals surface area contributed by atoms with Gasteiger partial charge in [0.05, 0.1) is 22.6 Å². The summed E-state index contributed by atoms with van der Waals surface area (Å²) < 4.78 is 14.1. The van der Waals surface area contributed by atoms with E-state index < -0.39 is 0 Å². The van der Waals surface area contributed by atoms with Crippen LogP contribution in [0.2, 0.25) is 0 Å². The average molecular weight is 446 g/mol. The Balaban J connectivity index is 1.40. The van der Waals surface area contributed by atoms with Gasteiger partial charge in [-0.15, -0.1) is 0 Å². The van der Waals surface area contributed by atoms with Crippen LogP contribution in [0.5, 0.6) is 0 Å². The number of anilines is 4. The van der Waals surface area contributed by atoms with Gasteiger partial charge in [0.1, 0.15) is 5.82 Å². The highest BCUT2D eigenvalue weighted by Crippen LogP contribution is 2.33. The quantitative estimate of drug-likeness (QED) is 0.391. The highest BCUT2D eigenvalue weighted by molar-refractivity contribution is 5.95. The molecule has 4 aromatic rings. The van der Waals surface area contributed by atoms with Gasteiger partial charge >= 0.3 is 0 Å². The fourth-order valence-electron chi connectivity index (χ4n) is 4.52. The molecule has 1 atom stereocenters. The Morgan fingerprint density at radius 3 is 2.85 bits per heavy atom. The van der Waals surface area contributed by atoms with Crippen molar-refractivity contribution in [2.24, 2.45) is 0 Å². The molecular formula is C25H28FN7. The zero-order chi connectivity index (χ0) is 23.1. The van der Waals surface area contributed by atoms with E-state index in [2.05, 4.69) is 39.2 Å². The van der Waals surface area contributed by atoms with Crippen LogP contribution < -0.4 is 16.0 Å². The molecule has 8 heteroatoms. The Morgan fingerprint density at radius 1 is 1.24 bits per heavy atom. The number of nitrogens with zero attached hydrogens (tertiary/aromatic N) is 4. The van der Waals surface area contributed by atoms with Crippen LogP contribution >= 0.6 is 0 Å². The van der Waals surface area contributed by atoms with Crippen LogP contribution in [0.3, 0.4) is 0 Å². The van der Waals surface area contributed by atoms with E-state index in [1.165, 1.54) is 6.07 Å². The van der Waals surface area contributed by atoms with Crippen LogP contribution in [0.4, 0.5) is 27.4 Å². The molecule has 0 spiro atoms. The maximum atomic E-state index is 14.1. The normalized spacial score (nSPS) is 16.2. The van der Waals surface area contributed by atoms with E-state index in [0.717, 1.165) is 58.8 Å². The molecule has 7 nitrogen and oxygen atoms in total. The number of nitrogen functional groups attached to an aromatic ring is 1. The van der Waals surface area contributed by atoms with Crippen molar-refractivity contribution in [3.8, 4) is 11.3 Å². The number of aromatic nitrogens is 3. The molecular weight excluding hydrogens is 417 g/mol. The molecule has 1 saturated heterocycles. The molecule has 5 rings (SSSR count). The summed E-state index contributed by atoms with van der Waals surface area (Å²) in [5, 5.41) is 4.06. The van der Waals surface area contributed by atoms with Gasteiger partial charge in [0.15, 0.2) is 0 Å². The minimum absolute atomic E-state index is 0.283. The van der Waals surface area contributed by atoms with Gasteiger partial charge in [-0.3, -0.25) is 0 Å². The van der Waals surface area contributed by atoms with E-state index in [1.807, 2.05) is 31.2 Å². The standard InChI is InChI=1S/C25H28FN7/c1-15-12-29-25(31-23(15)19-13-28-24-18(19)5-4-6-20(24)26)30-16-7-8-22(21(27)11-16)33-10-9-17(14-33)32(2)3/h4-8,11-13,17,28H,9-10,14,27H2,1-3H3,(H,29,30,31)/t17-/m0/s1. The van der Waals surface area contributed by atoms with Crippen molar-refractivity contribution in [3.05, 3.63) is 60.2 Å². The summed E-state index contributed by atoms with van der Waals surface area (Å²) in [6.07, 6.45) is 4.69. The summed E-state index contributed by atoms with van der Waals surface area (Å²) in [6, 6.07) is 11.5. The predicted molar refractivity (Wildman–Crippen MR) is 132 cm³/mol. The Labute approximate surface area is 192 Å². The number of nitrogens with two attached hydrogens (primary N) is 1. The first-order valence-corrected chi connectivity index (χ1v) is 11.1. The number of aryl methyl sites for hydroxylation is 1. The maximum absolute atomic E-state index is 14.1. The number of likely N-dealkylation sites (N-methyl/N-ethyl adjacent to an activating group) is 1.